The van der Waals surface area contributed by atoms with E-state index in [0.29, 0.717) is 5.56 Å². The average molecular weight is 329 g/mol. The zero-order chi connectivity index (χ0) is 17.5. The maximum absolute atomic E-state index is 12.6. The molecule has 0 aromatic heterocycles. The zero-order valence-corrected chi connectivity index (χ0v) is 12.9. The number of hydrogen-bond acceptors (Lipinski definition) is 6. The predicted octanol–water partition coefficient (Wildman–Crippen LogP) is 2.77. The third-order valence-electron chi connectivity index (χ3n) is 3.11. The minimum Gasteiger partial charge on any atom is -0.481 e. The Kier molecular flexibility index (Phi) is 5.62. The number of benzene rings is 2. The molecule has 0 radical (unpaired) electrons. The lowest BCUT2D eigenvalue weighted by atomic mass is 10.0. The molecule has 0 spiro atoms. The molecule has 0 bridgehead atoms. The minimum atomic E-state index is -0.600. The van der Waals surface area contributed by atoms with Gasteiger partial charge in [0.1, 0.15) is 5.75 Å². The van der Waals surface area contributed by atoms with Gasteiger partial charge < -0.3 is 9.47 Å². The van der Waals surface area contributed by atoms with Crippen LogP contribution in [0.5, 0.6) is 5.75 Å². The maximum atomic E-state index is 12.6. The summed E-state index contributed by atoms with van der Waals surface area (Å²) in [6, 6.07) is 12.0. The van der Waals surface area contributed by atoms with Crippen molar-refractivity contribution in [2.75, 3.05) is 13.2 Å². The van der Waals surface area contributed by atoms with Crippen molar-refractivity contribution in [1.29, 1.82) is 0 Å². The molecule has 24 heavy (non-hydrogen) atoms. The van der Waals surface area contributed by atoms with Crippen LogP contribution in [-0.4, -0.2) is 29.9 Å². The fourth-order valence-electron chi connectivity index (χ4n) is 2.02. The first-order chi connectivity index (χ1) is 11.5. The first-order valence-corrected chi connectivity index (χ1v) is 7.19. The van der Waals surface area contributed by atoms with Crippen molar-refractivity contribution in [2.24, 2.45) is 0 Å². The van der Waals surface area contributed by atoms with Crippen LogP contribution in [0, 0.1) is 10.1 Å². The van der Waals surface area contributed by atoms with Crippen LogP contribution in [0.15, 0.2) is 48.5 Å². The first kappa shape index (κ1) is 17.1. The Morgan fingerprint density at radius 2 is 1.83 bits per heavy atom. The molecule has 0 atom stereocenters. The largest absolute Gasteiger partial charge is 0.481 e. The van der Waals surface area contributed by atoms with Crippen LogP contribution in [-0.2, 0) is 9.53 Å². The van der Waals surface area contributed by atoms with Gasteiger partial charge in [-0.3, -0.25) is 14.9 Å². The molecule has 0 aliphatic carbocycles. The SMILES string of the molecule is CCOC(=O)COc1ccc([N+](=O)[O-])cc1C(=O)c1ccccc1. The molecule has 0 heterocycles. The van der Waals surface area contributed by atoms with Gasteiger partial charge in [0, 0.05) is 17.7 Å². The van der Waals surface area contributed by atoms with Crippen LogP contribution in [0.4, 0.5) is 5.69 Å². The maximum Gasteiger partial charge on any atom is 0.344 e. The topological polar surface area (TPSA) is 95.7 Å². The van der Waals surface area contributed by atoms with Gasteiger partial charge in [-0.05, 0) is 13.0 Å². The standard InChI is InChI=1S/C17H15NO6/c1-2-23-16(19)11-24-15-9-8-13(18(21)22)10-14(15)17(20)12-6-4-3-5-7-12/h3-10H,2,11H2,1H3. The Morgan fingerprint density at radius 3 is 2.46 bits per heavy atom. The van der Waals surface area contributed by atoms with E-state index in [-0.39, 0.29) is 30.2 Å². The van der Waals surface area contributed by atoms with E-state index in [1.54, 1.807) is 37.3 Å². The van der Waals surface area contributed by atoms with Crippen molar-refractivity contribution in [2.45, 2.75) is 6.92 Å². The van der Waals surface area contributed by atoms with Crippen LogP contribution >= 0.6 is 0 Å². The number of ketones is 1. The summed E-state index contributed by atoms with van der Waals surface area (Å²) in [6.45, 7) is 1.48. The fraction of sp³-hybridized carbons (Fsp3) is 0.176. The highest BCUT2D eigenvalue weighted by Gasteiger charge is 2.20. The van der Waals surface area contributed by atoms with Crippen LogP contribution in [0.3, 0.4) is 0 Å². The summed E-state index contributed by atoms with van der Waals surface area (Å²) in [5.74, 6) is -0.936. The Labute approximate surface area is 138 Å². The van der Waals surface area contributed by atoms with Gasteiger partial charge in [0.05, 0.1) is 17.1 Å². The van der Waals surface area contributed by atoms with Crippen molar-refractivity contribution in [3.8, 4) is 5.75 Å². The van der Waals surface area contributed by atoms with Gasteiger partial charge in [-0.15, -0.1) is 0 Å². The van der Waals surface area contributed by atoms with Crippen LogP contribution < -0.4 is 4.74 Å². The minimum absolute atomic E-state index is 0.0136. The summed E-state index contributed by atoms with van der Waals surface area (Å²) >= 11 is 0. The smallest absolute Gasteiger partial charge is 0.344 e. The van der Waals surface area contributed by atoms with Gasteiger partial charge in [0.2, 0.25) is 0 Å². The summed E-state index contributed by atoms with van der Waals surface area (Å²) in [4.78, 5) is 34.3. The summed E-state index contributed by atoms with van der Waals surface area (Å²) in [5.41, 5.74) is 0.136. The van der Waals surface area contributed by atoms with Crippen molar-refractivity contribution in [1.82, 2.24) is 0 Å². The van der Waals surface area contributed by atoms with E-state index in [4.69, 9.17) is 9.47 Å². The number of nitrogens with zero attached hydrogens (tertiary/aromatic N) is 1. The lowest BCUT2D eigenvalue weighted by molar-refractivity contribution is -0.384. The van der Waals surface area contributed by atoms with E-state index in [1.807, 2.05) is 0 Å². The molecule has 0 aliphatic rings. The predicted molar refractivity (Wildman–Crippen MR) is 85.1 cm³/mol. The molecule has 0 aliphatic heterocycles. The van der Waals surface area contributed by atoms with Gasteiger partial charge in [0.25, 0.3) is 5.69 Å². The first-order valence-electron chi connectivity index (χ1n) is 7.19. The summed E-state index contributed by atoms with van der Waals surface area (Å²) in [5, 5.41) is 11.0. The highest BCUT2D eigenvalue weighted by atomic mass is 16.6. The zero-order valence-electron chi connectivity index (χ0n) is 12.9. The van der Waals surface area contributed by atoms with E-state index >= 15 is 0 Å². The number of carbonyl (C=O) groups excluding carboxylic acids is 2. The normalized spacial score (nSPS) is 10.0. The highest BCUT2D eigenvalue weighted by Crippen LogP contribution is 2.26. The molecule has 0 fully saturated rings. The molecule has 0 unspecified atom stereocenters. The molecule has 7 heteroatoms. The number of ether oxygens (including phenoxy) is 2. The number of esters is 1. The molecule has 2 aromatic rings. The molecular formula is C17H15NO6. The number of nitro groups is 1. The van der Waals surface area contributed by atoms with Gasteiger partial charge in [-0.2, -0.15) is 0 Å². The van der Waals surface area contributed by atoms with E-state index in [2.05, 4.69) is 0 Å². The highest BCUT2D eigenvalue weighted by molar-refractivity contribution is 6.11. The van der Waals surface area contributed by atoms with Gasteiger partial charge in [-0.1, -0.05) is 30.3 Å². The summed E-state index contributed by atoms with van der Waals surface area (Å²) < 4.78 is 10.1. The Bertz CT molecular complexity index is 757. The monoisotopic (exact) mass is 329 g/mol. The Hall–Kier alpha value is -3.22. The van der Waals surface area contributed by atoms with Gasteiger partial charge in [0.15, 0.2) is 12.4 Å². The van der Waals surface area contributed by atoms with Crippen molar-refractivity contribution < 1.29 is 24.0 Å². The third-order valence-corrected chi connectivity index (χ3v) is 3.11. The lowest BCUT2D eigenvalue weighted by Gasteiger charge is -2.10. The number of hydrogen-bond donors (Lipinski definition) is 0. The van der Waals surface area contributed by atoms with Crippen molar-refractivity contribution in [3.63, 3.8) is 0 Å². The number of non-ortho nitro benzene ring substituents is 1. The summed E-state index contributed by atoms with van der Waals surface area (Å²) in [7, 11) is 0. The molecule has 0 saturated heterocycles. The second kappa shape index (κ2) is 7.87. The molecule has 2 aromatic carbocycles. The molecule has 7 nitrogen and oxygen atoms in total. The Morgan fingerprint density at radius 1 is 1.12 bits per heavy atom. The molecule has 0 saturated carbocycles. The summed E-state index contributed by atoms with van der Waals surface area (Å²) in [6.07, 6.45) is 0. The average Bonchev–Trinajstić information content (AvgIpc) is 2.60. The molecule has 0 amide bonds. The van der Waals surface area contributed by atoms with Crippen LogP contribution in [0.2, 0.25) is 0 Å². The molecule has 0 N–H and O–H groups in total. The molecule has 124 valence electrons. The molecular weight excluding hydrogens is 314 g/mol. The lowest BCUT2D eigenvalue weighted by Crippen LogP contribution is -2.16. The number of rotatable bonds is 7. The van der Waals surface area contributed by atoms with Gasteiger partial charge >= 0.3 is 5.97 Å². The van der Waals surface area contributed by atoms with E-state index in [9.17, 15) is 19.7 Å². The van der Waals surface area contributed by atoms with E-state index in [1.165, 1.54) is 12.1 Å². The van der Waals surface area contributed by atoms with Crippen molar-refractivity contribution in [3.05, 3.63) is 69.8 Å². The van der Waals surface area contributed by atoms with Crippen LogP contribution in [0.25, 0.3) is 0 Å². The second-order valence-corrected chi connectivity index (χ2v) is 4.73. The fourth-order valence-corrected chi connectivity index (χ4v) is 2.02. The van der Waals surface area contributed by atoms with Gasteiger partial charge in [-0.25, -0.2) is 4.79 Å². The number of carbonyl (C=O) groups is 2. The van der Waals surface area contributed by atoms with E-state index in [0.717, 1.165) is 6.07 Å². The third kappa shape index (κ3) is 4.16. The van der Waals surface area contributed by atoms with Crippen molar-refractivity contribution >= 4 is 17.4 Å². The molecule has 2 rings (SSSR count). The second-order valence-electron chi connectivity index (χ2n) is 4.73. The quantitative estimate of drug-likeness (QED) is 0.335. The Balaban J connectivity index is 2.34. The number of nitro benzene ring substituents is 1. The van der Waals surface area contributed by atoms with Crippen LogP contribution in [0.1, 0.15) is 22.8 Å². The van der Waals surface area contributed by atoms with E-state index < -0.39 is 16.7 Å².